The number of aliphatic hydroxyl groups excluding tert-OH is 1. The molecule has 0 aliphatic carbocycles. The maximum atomic E-state index is 13.3. The summed E-state index contributed by atoms with van der Waals surface area (Å²) in [6.07, 6.45) is -3.47. The first-order valence-electron chi connectivity index (χ1n) is 11.3. The standard InChI is InChI=1S/C27H20F3NO6/c28-27(29,30)37-20-5-1-4-18(14-20)31-23(15-6-9-19(32)10-7-15)22(25(34)26(31)35)24(33)17-8-11-21-16(13-17)3-2-12-36-21/h1,4-11,13-14,23,32-33H,2-3,12H2/b24-22-. The van der Waals surface area contributed by atoms with Gasteiger partial charge in [0.25, 0.3) is 11.7 Å². The molecule has 1 saturated heterocycles. The van der Waals surface area contributed by atoms with E-state index in [9.17, 15) is 33.0 Å². The molecule has 2 heterocycles. The number of aliphatic hydroxyl groups is 1. The van der Waals surface area contributed by atoms with Crippen LogP contribution in [0.2, 0.25) is 0 Å². The summed E-state index contributed by atoms with van der Waals surface area (Å²) in [5.41, 5.74) is 1.19. The summed E-state index contributed by atoms with van der Waals surface area (Å²) in [6, 6.07) is 14.0. The third kappa shape index (κ3) is 4.69. The maximum absolute atomic E-state index is 13.3. The summed E-state index contributed by atoms with van der Waals surface area (Å²) >= 11 is 0. The van der Waals surface area contributed by atoms with Crippen LogP contribution in [0.1, 0.15) is 29.2 Å². The molecular weight excluding hydrogens is 491 g/mol. The third-order valence-corrected chi connectivity index (χ3v) is 6.16. The number of hydrogen-bond donors (Lipinski definition) is 2. The minimum Gasteiger partial charge on any atom is -0.508 e. The lowest BCUT2D eigenvalue weighted by Crippen LogP contribution is -2.29. The van der Waals surface area contributed by atoms with E-state index in [0.717, 1.165) is 29.0 Å². The van der Waals surface area contributed by atoms with Crippen LogP contribution in [0, 0.1) is 0 Å². The van der Waals surface area contributed by atoms with Gasteiger partial charge in [-0.1, -0.05) is 18.2 Å². The number of ether oxygens (including phenoxy) is 2. The van der Waals surface area contributed by atoms with Gasteiger partial charge in [-0.15, -0.1) is 13.2 Å². The Morgan fingerprint density at radius 1 is 1.03 bits per heavy atom. The lowest BCUT2D eigenvalue weighted by Gasteiger charge is -2.26. The molecule has 0 spiro atoms. The van der Waals surface area contributed by atoms with Crippen LogP contribution < -0.4 is 14.4 Å². The molecule has 2 aliphatic heterocycles. The van der Waals surface area contributed by atoms with Crippen LogP contribution in [0.25, 0.3) is 5.76 Å². The molecule has 10 heteroatoms. The number of alkyl halides is 3. The van der Waals surface area contributed by atoms with Crippen molar-refractivity contribution in [2.75, 3.05) is 11.5 Å². The molecule has 190 valence electrons. The summed E-state index contributed by atoms with van der Waals surface area (Å²) in [5, 5.41) is 21.0. The van der Waals surface area contributed by atoms with Crippen LogP contribution >= 0.6 is 0 Å². The second-order valence-corrected chi connectivity index (χ2v) is 8.58. The van der Waals surface area contributed by atoms with Crippen molar-refractivity contribution in [3.8, 4) is 17.2 Å². The number of Topliss-reactive ketones (excluding diaryl/α,β-unsaturated/α-hetero) is 1. The molecule has 1 atom stereocenters. The van der Waals surface area contributed by atoms with Gasteiger partial charge in [0.1, 0.15) is 23.0 Å². The molecule has 3 aromatic rings. The van der Waals surface area contributed by atoms with Crippen LogP contribution in [0.15, 0.2) is 72.3 Å². The monoisotopic (exact) mass is 511 g/mol. The van der Waals surface area contributed by atoms with Crippen molar-refractivity contribution >= 4 is 23.1 Å². The van der Waals surface area contributed by atoms with E-state index in [-0.39, 0.29) is 17.0 Å². The van der Waals surface area contributed by atoms with E-state index in [2.05, 4.69) is 4.74 Å². The minimum absolute atomic E-state index is 0.0418. The minimum atomic E-state index is -4.96. The Morgan fingerprint density at radius 2 is 1.78 bits per heavy atom. The lowest BCUT2D eigenvalue weighted by molar-refractivity contribution is -0.274. The fourth-order valence-corrected chi connectivity index (χ4v) is 4.56. The van der Waals surface area contributed by atoms with E-state index < -0.39 is 35.6 Å². The first kappa shape index (κ1) is 24.2. The van der Waals surface area contributed by atoms with E-state index in [4.69, 9.17) is 4.74 Å². The number of carbonyl (C=O) groups excluding carboxylic acids is 2. The second-order valence-electron chi connectivity index (χ2n) is 8.58. The fraction of sp³-hybridized carbons (Fsp3) is 0.185. The van der Waals surface area contributed by atoms with Gasteiger partial charge >= 0.3 is 6.36 Å². The number of phenols is 1. The van der Waals surface area contributed by atoms with Gasteiger partial charge in [-0.05, 0) is 66.4 Å². The van der Waals surface area contributed by atoms with Crippen LogP contribution in [-0.2, 0) is 16.0 Å². The molecule has 37 heavy (non-hydrogen) atoms. The molecule has 0 aromatic heterocycles. The number of hydrogen-bond acceptors (Lipinski definition) is 6. The van der Waals surface area contributed by atoms with E-state index in [1.165, 1.54) is 36.4 Å². The molecule has 2 N–H and O–H groups in total. The smallest absolute Gasteiger partial charge is 0.508 e. The zero-order valence-electron chi connectivity index (χ0n) is 19.2. The number of phenolic OH excluding ortho intramolecular Hbond substituents is 1. The van der Waals surface area contributed by atoms with Gasteiger partial charge < -0.3 is 19.7 Å². The number of nitrogens with zero attached hydrogens (tertiary/aromatic N) is 1. The Morgan fingerprint density at radius 3 is 2.51 bits per heavy atom. The molecule has 0 radical (unpaired) electrons. The molecule has 0 saturated carbocycles. The van der Waals surface area contributed by atoms with Crippen molar-refractivity contribution in [2.45, 2.75) is 25.2 Å². The normalized spacial score (nSPS) is 18.9. The Kier molecular flexibility index (Phi) is 6.02. The Labute approximate surface area is 209 Å². The number of benzene rings is 3. The van der Waals surface area contributed by atoms with Crippen LogP contribution in [0.4, 0.5) is 18.9 Å². The number of anilines is 1. The highest BCUT2D eigenvalue weighted by Gasteiger charge is 2.47. The van der Waals surface area contributed by atoms with Crippen molar-refractivity contribution in [3.63, 3.8) is 0 Å². The SMILES string of the molecule is O=C1C(=O)N(c2cccc(OC(F)(F)F)c2)C(c2ccc(O)cc2)/C1=C(/O)c1ccc2c(c1)CCCO2. The predicted molar refractivity (Wildman–Crippen MR) is 126 cm³/mol. The van der Waals surface area contributed by atoms with Crippen molar-refractivity contribution < 1.29 is 42.4 Å². The molecular formula is C27H20F3NO6. The average molecular weight is 511 g/mol. The van der Waals surface area contributed by atoms with Gasteiger partial charge in [-0.3, -0.25) is 14.5 Å². The van der Waals surface area contributed by atoms with Crippen LogP contribution in [0.3, 0.4) is 0 Å². The average Bonchev–Trinajstić information content (AvgIpc) is 3.13. The molecule has 1 fully saturated rings. The predicted octanol–water partition coefficient (Wildman–Crippen LogP) is 5.24. The number of carbonyl (C=O) groups is 2. The zero-order valence-corrected chi connectivity index (χ0v) is 19.2. The summed E-state index contributed by atoms with van der Waals surface area (Å²) in [7, 11) is 0. The van der Waals surface area contributed by atoms with Gasteiger partial charge in [0, 0.05) is 17.3 Å². The third-order valence-electron chi connectivity index (χ3n) is 6.16. The first-order valence-corrected chi connectivity index (χ1v) is 11.3. The highest BCUT2D eigenvalue weighted by atomic mass is 19.4. The molecule has 3 aromatic carbocycles. The summed E-state index contributed by atoms with van der Waals surface area (Å²) in [5.74, 6) is -2.46. The van der Waals surface area contributed by atoms with Gasteiger partial charge in [0.2, 0.25) is 0 Å². The summed E-state index contributed by atoms with van der Waals surface area (Å²) in [6.45, 7) is 0.571. The largest absolute Gasteiger partial charge is 0.573 e. The molecule has 1 unspecified atom stereocenters. The van der Waals surface area contributed by atoms with E-state index >= 15 is 0 Å². The molecule has 5 rings (SSSR count). The van der Waals surface area contributed by atoms with Crippen molar-refractivity contribution in [1.82, 2.24) is 0 Å². The number of ketones is 1. The van der Waals surface area contributed by atoms with Gasteiger partial charge in [-0.2, -0.15) is 0 Å². The highest BCUT2D eigenvalue weighted by molar-refractivity contribution is 6.51. The topological polar surface area (TPSA) is 96.3 Å². The number of aromatic hydroxyl groups is 1. The van der Waals surface area contributed by atoms with Crippen molar-refractivity contribution in [2.24, 2.45) is 0 Å². The van der Waals surface area contributed by atoms with E-state index in [1.54, 1.807) is 18.2 Å². The Bertz CT molecular complexity index is 1410. The van der Waals surface area contributed by atoms with Gasteiger partial charge in [0.05, 0.1) is 18.2 Å². The summed E-state index contributed by atoms with van der Waals surface area (Å²) < 4.78 is 48.0. The lowest BCUT2D eigenvalue weighted by atomic mass is 9.94. The quantitative estimate of drug-likeness (QED) is 0.283. The van der Waals surface area contributed by atoms with Crippen molar-refractivity contribution in [3.05, 3.63) is 89.0 Å². The van der Waals surface area contributed by atoms with E-state index in [1.807, 2.05) is 0 Å². The molecule has 7 nitrogen and oxygen atoms in total. The van der Waals surface area contributed by atoms with E-state index in [0.29, 0.717) is 29.9 Å². The zero-order chi connectivity index (χ0) is 26.3. The molecule has 1 amide bonds. The number of amides is 1. The number of aryl methyl sites for hydroxylation is 1. The Hall–Kier alpha value is -4.47. The van der Waals surface area contributed by atoms with Gasteiger partial charge in [0.15, 0.2) is 0 Å². The molecule has 0 bridgehead atoms. The number of rotatable bonds is 4. The maximum Gasteiger partial charge on any atom is 0.573 e. The Balaban J connectivity index is 1.66. The van der Waals surface area contributed by atoms with Crippen molar-refractivity contribution in [1.29, 1.82) is 0 Å². The first-order chi connectivity index (χ1) is 17.6. The van der Waals surface area contributed by atoms with Gasteiger partial charge in [-0.25, -0.2) is 0 Å². The van der Waals surface area contributed by atoms with Crippen LogP contribution in [-0.4, -0.2) is 34.9 Å². The summed E-state index contributed by atoms with van der Waals surface area (Å²) in [4.78, 5) is 27.5. The highest BCUT2D eigenvalue weighted by Crippen LogP contribution is 2.43. The molecule has 2 aliphatic rings. The van der Waals surface area contributed by atoms with Crippen LogP contribution in [0.5, 0.6) is 17.2 Å². The number of fused-ring (bicyclic) bond motifs is 1. The fourth-order valence-electron chi connectivity index (χ4n) is 4.56. The second kappa shape index (κ2) is 9.20. The number of halogens is 3.